The highest BCUT2D eigenvalue weighted by molar-refractivity contribution is 5.88. The topological polar surface area (TPSA) is 82.2 Å². The minimum absolute atomic E-state index is 0.0720. The van der Waals surface area contributed by atoms with Gasteiger partial charge >= 0.3 is 0 Å². The van der Waals surface area contributed by atoms with E-state index in [1.54, 1.807) is 18.1 Å². The molecule has 0 saturated carbocycles. The third kappa shape index (κ3) is 2.54. The van der Waals surface area contributed by atoms with Crippen molar-refractivity contribution in [3.8, 4) is 5.75 Å². The molecule has 3 atom stereocenters. The molecule has 0 amide bonds. The van der Waals surface area contributed by atoms with E-state index in [1.807, 2.05) is 36.4 Å². The van der Waals surface area contributed by atoms with Crippen molar-refractivity contribution in [3.63, 3.8) is 0 Å². The second-order valence-corrected chi connectivity index (χ2v) is 6.76. The molecule has 1 aliphatic carbocycles. The number of ketones is 1. The molecule has 0 bridgehead atoms. The zero-order chi connectivity index (χ0) is 18.4. The van der Waals surface area contributed by atoms with Crippen molar-refractivity contribution in [2.45, 2.75) is 18.4 Å². The van der Waals surface area contributed by atoms with Crippen molar-refractivity contribution >= 4 is 11.7 Å². The Kier molecular flexibility index (Phi) is 3.60. The number of benzene rings is 1. The smallest absolute Gasteiger partial charge is 0.226 e. The Balaban J connectivity index is 1.60. The Bertz CT molecular complexity index is 1000. The second kappa shape index (κ2) is 6.12. The van der Waals surface area contributed by atoms with E-state index in [4.69, 9.17) is 9.15 Å². The summed E-state index contributed by atoms with van der Waals surface area (Å²) in [6.45, 7) is 0. The summed E-state index contributed by atoms with van der Waals surface area (Å²) in [5, 5.41) is 7.65. The number of nitrogens with zero attached hydrogens (tertiary/aromatic N) is 3. The highest BCUT2D eigenvalue weighted by Crippen LogP contribution is 2.44. The number of hydrogen-bond acceptors (Lipinski definition) is 6. The van der Waals surface area contributed by atoms with Gasteiger partial charge in [0.15, 0.2) is 0 Å². The van der Waals surface area contributed by atoms with Crippen LogP contribution in [-0.2, 0) is 4.79 Å². The van der Waals surface area contributed by atoms with Gasteiger partial charge in [-0.2, -0.15) is 10.1 Å². The van der Waals surface area contributed by atoms with Crippen molar-refractivity contribution in [2.75, 3.05) is 12.4 Å². The van der Waals surface area contributed by atoms with Crippen molar-refractivity contribution in [2.24, 2.45) is 5.92 Å². The molecule has 0 fully saturated rings. The van der Waals surface area contributed by atoms with Gasteiger partial charge in [-0.15, -0.1) is 0 Å². The van der Waals surface area contributed by atoms with Gasteiger partial charge in [0, 0.05) is 18.0 Å². The lowest BCUT2D eigenvalue weighted by molar-refractivity contribution is -0.123. The van der Waals surface area contributed by atoms with Crippen LogP contribution >= 0.6 is 0 Å². The Morgan fingerprint density at radius 1 is 1.26 bits per heavy atom. The van der Waals surface area contributed by atoms with Gasteiger partial charge in [-0.05, 0) is 29.8 Å². The molecule has 0 unspecified atom stereocenters. The summed E-state index contributed by atoms with van der Waals surface area (Å²) in [7, 11) is 1.63. The fourth-order valence-electron chi connectivity index (χ4n) is 4.00. The summed E-state index contributed by atoms with van der Waals surface area (Å²) in [5.74, 6) is 1.95. The van der Waals surface area contributed by atoms with Crippen LogP contribution < -0.4 is 10.1 Å². The van der Waals surface area contributed by atoms with Crippen LogP contribution in [0.1, 0.15) is 29.7 Å². The summed E-state index contributed by atoms with van der Waals surface area (Å²) in [6, 6.07) is 11.3. The first-order valence-electron chi connectivity index (χ1n) is 8.83. The average molecular weight is 362 g/mol. The molecular weight excluding hydrogens is 344 g/mol. The van der Waals surface area contributed by atoms with E-state index in [9.17, 15) is 4.79 Å². The van der Waals surface area contributed by atoms with E-state index in [0.717, 1.165) is 22.8 Å². The van der Waals surface area contributed by atoms with E-state index in [1.165, 1.54) is 6.33 Å². The lowest BCUT2D eigenvalue weighted by atomic mass is 9.77. The molecule has 1 aromatic carbocycles. The minimum atomic E-state index is -0.334. The highest BCUT2D eigenvalue weighted by atomic mass is 16.5. The molecule has 2 aromatic heterocycles. The molecule has 136 valence electrons. The second-order valence-electron chi connectivity index (χ2n) is 6.76. The van der Waals surface area contributed by atoms with Gasteiger partial charge in [-0.25, -0.2) is 4.68 Å². The normalized spacial score (nSPS) is 23.8. The molecule has 7 heteroatoms. The quantitative estimate of drug-likeness (QED) is 0.771. The summed E-state index contributed by atoms with van der Waals surface area (Å²) in [5.41, 5.74) is 1.85. The number of hydrogen-bond donors (Lipinski definition) is 1. The van der Waals surface area contributed by atoms with E-state index in [2.05, 4.69) is 21.5 Å². The summed E-state index contributed by atoms with van der Waals surface area (Å²) >= 11 is 0. The number of ether oxygens (including phenoxy) is 1. The Morgan fingerprint density at radius 2 is 2.11 bits per heavy atom. The van der Waals surface area contributed by atoms with Crippen LogP contribution in [0.5, 0.6) is 5.75 Å². The van der Waals surface area contributed by atoms with Gasteiger partial charge in [-0.3, -0.25) is 4.79 Å². The van der Waals surface area contributed by atoms with Crippen LogP contribution in [0.4, 0.5) is 5.95 Å². The molecule has 27 heavy (non-hydrogen) atoms. The van der Waals surface area contributed by atoms with Gasteiger partial charge < -0.3 is 14.5 Å². The van der Waals surface area contributed by atoms with Crippen LogP contribution in [-0.4, -0.2) is 27.7 Å². The fourth-order valence-corrected chi connectivity index (χ4v) is 4.00. The van der Waals surface area contributed by atoms with Crippen LogP contribution in [0.15, 0.2) is 65.2 Å². The number of rotatable bonds is 3. The van der Waals surface area contributed by atoms with Crippen molar-refractivity contribution < 1.29 is 13.9 Å². The average Bonchev–Trinajstić information content (AvgIpc) is 3.38. The van der Waals surface area contributed by atoms with Crippen molar-refractivity contribution in [1.29, 1.82) is 0 Å². The van der Waals surface area contributed by atoms with Gasteiger partial charge in [0.05, 0.1) is 25.3 Å². The standard InChI is InChI=1S/C20H18N4O3/c1-26-14-6-4-12(5-7-14)19-18-15(23-20-21-11-22-24(19)20)9-13(10-16(18)25)17-3-2-8-27-17/h2-9,11,13,18-19H,10H2,1H3,(H,21,22,23)/t13-,18+,19+/m1/s1. The summed E-state index contributed by atoms with van der Waals surface area (Å²) < 4.78 is 12.6. The van der Waals surface area contributed by atoms with Crippen molar-refractivity contribution in [3.05, 3.63) is 72.1 Å². The molecular formula is C20H18N4O3. The Hall–Kier alpha value is -3.35. The molecule has 5 rings (SSSR count). The van der Waals surface area contributed by atoms with E-state index in [-0.39, 0.29) is 23.7 Å². The fraction of sp³-hybridized carbons (Fsp3) is 0.250. The van der Waals surface area contributed by atoms with Gasteiger partial charge in [-0.1, -0.05) is 18.2 Å². The van der Waals surface area contributed by atoms with Crippen LogP contribution in [0.2, 0.25) is 0 Å². The molecule has 3 heterocycles. The highest BCUT2D eigenvalue weighted by Gasteiger charge is 2.43. The maximum Gasteiger partial charge on any atom is 0.226 e. The molecule has 0 saturated heterocycles. The zero-order valence-electron chi connectivity index (χ0n) is 14.7. The Labute approximate surface area is 155 Å². The van der Waals surface area contributed by atoms with E-state index < -0.39 is 0 Å². The minimum Gasteiger partial charge on any atom is -0.497 e. The predicted molar refractivity (Wildman–Crippen MR) is 97.4 cm³/mol. The largest absolute Gasteiger partial charge is 0.497 e. The Morgan fingerprint density at radius 3 is 2.85 bits per heavy atom. The van der Waals surface area contributed by atoms with Crippen molar-refractivity contribution in [1.82, 2.24) is 14.8 Å². The number of aromatic nitrogens is 3. The predicted octanol–water partition coefficient (Wildman–Crippen LogP) is 3.15. The number of carbonyl (C=O) groups excluding carboxylic acids is 1. The number of furan rings is 1. The van der Waals surface area contributed by atoms with Gasteiger partial charge in [0.25, 0.3) is 0 Å². The number of anilines is 1. The molecule has 1 aliphatic heterocycles. The van der Waals surface area contributed by atoms with E-state index in [0.29, 0.717) is 12.4 Å². The van der Waals surface area contributed by atoms with Crippen LogP contribution in [0.25, 0.3) is 0 Å². The van der Waals surface area contributed by atoms with Crippen LogP contribution in [0.3, 0.4) is 0 Å². The monoisotopic (exact) mass is 362 g/mol. The molecule has 3 aromatic rings. The summed E-state index contributed by atoms with van der Waals surface area (Å²) in [6.07, 6.45) is 5.63. The maximum absolute atomic E-state index is 13.2. The first-order valence-corrected chi connectivity index (χ1v) is 8.83. The third-order valence-corrected chi connectivity index (χ3v) is 5.26. The molecule has 0 radical (unpaired) electrons. The number of methoxy groups -OCH3 is 1. The number of Topliss-reactive ketones (excluding diaryl/α,β-unsaturated/α-hetero) is 1. The molecule has 0 spiro atoms. The lowest BCUT2D eigenvalue weighted by Gasteiger charge is -2.37. The van der Waals surface area contributed by atoms with E-state index >= 15 is 0 Å². The first-order chi connectivity index (χ1) is 13.2. The van der Waals surface area contributed by atoms with Gasteiger partial charge in [0.2, 0.25) is 5.95 Å². The SMILES string of the molecule is COc1ccc([C@H]2[C@@H]3C(=O)C[C@H](c4ccco4)C=C3Nc3ncnn32)cc1. The maximum atomic E-state index is 13.2. The number of fused-ring (bicyclic) bond motifs is 2. The molecule has 1 N–H and O–H groups in total. The van der Waals surface area contributed by atoms with Gasteiger partial charge in [0.1, 0.15) is 23.6 Å². The summed E-state index contributed by atoms with van der Waals surface area (Å²) in [4.78, 5) is 17.5. The molecule has 2 aliphatic rings. The number of allylic oxidation sites excluding steroid dienone is 2. The number of carbonyl (C=O) groups is 1. The zero-order valence-corrected chi connectivity index (χ0v) is 14.7. The van der Waals surface area contributed by atoms with Crippen LogP contribution in [0, 0.1) is 5.92 Å². The third-order valence-electron chi connectivity index (χ3n) is 5.26. The number of nitrogens with one attached hydrogen (secondary N) is 1. The first kappa shape index (κ1) is 15.9. The lowest BCUT2D eigenvalue weighted by Crippen LogP contribution is -2.40. The molecule has 7 nitrogen and oxygen atoms in total.